The lowest BCUT2D eigenvalue weighted by atomic mass is 9.96. The Morgan fingerprint density at radius 1 is 0.385 bits per heavy atom. The summed E-state index contributed by atoms with van der Waals surface area (Å²) in [6.45, 7) is 1.74. The molecule has 3 saturated heterocycles. The molecule has 0 spiro atoms. The van der Waals surface area contributed by atoms with Crippen molar-refractivity contribution in [1.29, 1.82) is 0 Å². The maximum atomic E-state index is 13.4. The first-order valence-electron chi connectivity index (χ1n) is 37.1. The molecule has 0 aromatic heterocycles. The summed E-state index contributed by atoms with van der Waals surface area (Å²) >= 11 is 0. The normalized spacial score (nSPS) is 27.9. The highest BCUT2D eigenvalue weighted by Crippen LogP contribution is 2.33. The Bertz CT molecular complexity index is 1750. The summed E-state index contributed by atoms with van der Waals surface area (Å²) in [4.78, 5) is 13.4. The van der Waals surface area contributed by atoms with E-state index in [4.69, 9.17) is 28.4 Å². The minimum Gasteiger partial charge on any atom is -0.394 e. The third-order valence-corrected chi connectivity index (χ3v) is 18.8. The van der Waals surface area contributed by atoms with Crippen molar-refractivity contribution in [2.24, 2.45) is 0 Å². The van der Waals surface area contributed by atoms with Crippen LogP contribution in [0.5, 0.6) is 0 Å². The molecule has 0 bridgehead atoms. The molecular formula is C72H135NO18. The molecule has 19 nitrogen and oxygen atoms in total. The molecule has 3 aliphatic rings. The van der Waals surface area contributed by atoms with Crippen LogP contribution in [0.2, 0.25) is 0 Å². The van der Waals surface area contributed by atoms with Gasteiger partial charge in [-0.1, -0.05) is 282 Å². The largest absolute Gasteiger partial charge is 0.394 e. The summed E-state index contributed by atoms with van der Waals surface area (Å²) < 4.78 is 34.3. The van der Waals surface area contributed by atoms with E-state index in [0.29, 0.717) is 12.8 Å². The molecule has 3 fully saturated rings. The van der Waals surface area contributed by atoms with Gasteiger partial charge in [-0.25, -0.2) is 0 Å². The van der Waals surface area contributed by atoms with E-state index in [1.54, 1.807) is 6.08 Å². The number of ether oxygens (including phenoxy) is 6. The fourth-order valence-corrected chi connectivity index (χ4v) is 12.7. The molecule has 536 valence electrons. The van der Waals surface area contributed by atoms with Crippen LogP contribution in [0.4, 0.5) is 0 Å². The van der Waals surface area contributed by atoms with E-state index in [1.165, 1.54) is 225 Å². The van der Waals surface area contributed by atoms with Gasteiger partial charge in [0.1, 0.15) is 73.2 Å². The highest BCUT2D eigenvalue weighted by atomic mass is 16.8. The summed E-state index contributed by atoms with van der Waals surface area (Å²) in [6, 6.07) is -0.986. The predicted octanol–water partition coefficient (Wildman–Crippen LogP) is 10.6. The Kier molecular flexibility index (Phi) is 49.8. The Labute approximate surface area is 549 Å². The van der Waals surface area contributed by atoms with Gasteiger partial charge < -0.3 is 89.9 Å². The molecule has 0 saturated carbocycles. The van der Waals surface area contributed by atoms with Gasteiger partial charge in [-0.05, 0) is 32.1 Å². The lowest BCUT2D eigenvalue weighted by Gasteiger charge is -2.48. The molecule has 12 N–H and O–H groups in total. The van der Waals surface area contributed by atoms with Crippen LogP contribution in [-0.2, 0) is 33.2 Å². The van der Waals surface area contributed by atoms with E-state index in [1.807, 2.05) is 6.08 Å². The van der Waals surface area contributed by atoms with E-state index in [-0.39, 0.29) is 18.9 Å². The number of carbonyl (C=O) groups excluding carboxylic acids is 1. The number of aliphatic hydroxyl groups is 11. The summed E-state index contributed by atoms with van der Waals surface area (Å²) in [5.74, 6) is -0.280. The van der Waals surface area contributed by atoms with Crippen LogP contribution in [0.3, 0.4) is 0 Å². The van der Waals surface area contributed by atoms with Gasteiger partial charge in [0.05, 0.1) is 38.6 Å². The van der Waals surface area contributed by atoms with Crippen molar-refractivity contribution >= 4 is 5.91 Å². The van der Waals surface area contributed by atoms with Crippen LogP contribution in [0, 0.1) is 0 Å². The summed E-state index contributed by atoms with van der Waals surface area (Å²) in [5.41, 5.74) is 0. The van der Waals surface area contributed by atoms with Crippen LogP contribution in [0.15, 0.2) is 24.3 Å². The highest BCUT2D eigenvalue weighted by Gasteiger charge is 2.53. The number of carbonyl (C=O) groups is 1. The number of aliphatic hydroxyl groups excluding tert-OH is 11. The number of hydrogen-bond donors (Lipinski definition) is 12. The number of hydrogen-bond acceptors (Lipinski definition) is 18. The molecule has 17 atom stereocenters. The molecular weight excluding hydrogens is 1170 g/mol. The topological polar surface area (TPSA) is 307 Å². The summed E-state index contributed by atoms with van der Waals surface area (Å²) in [6.07, 6.45) is 36.1. The van der Waals surface area contributed by atoms with Gasteiger partial charge in [-0.2, -0.15) is 0 Å². The molecule has 0 aliphatic carbocycles. The van der Waals surface area contributed by atoms with Crippen molar-refractivity contribution < 1.29 is 89.4 Å². The minimum absolute atomic E-state index is 0.241. The van der Waals surface area contributed by atoms with E-state index in [2.05, 4.69) is 31.3 Å². The van der Waals surface area contributed by atoms with Crippen molar-refractivity contribution in [3.63, 3.8) is 0 Å². The van der Waals surface area contributed by atoms with Crippen LogP contribution >= 0.6 is 0 Å². The van der Waals surface area contributed by atoms with E-state index in [9.17, 15) is 61.0 Å². The number of allylic oxidation sites excluding steroid dienone is 3. The molecule has 17 unspecified atom stereocenters. The van der Waals surface area contributed by atoms with Crippen LogP contribution < -0.4 is 5.32 Å². The molecule has 3 rings (SSSR count). The zero-order chi connectivity index (χ0) is 66.1. The van der Waals surface area contributed by atoms with Crippen molar-refractivity contribution in [3.8, 4) is 0 Å². The molecule has 0 radical (unpaired) electrons. The second kappa shape index (κ2) is 54.3. The molecule has 0 aromatic rings. The first kappa shape index (κ1) is 83.5. The molecule has 91 heavy (non-hydrogen) atoms. The molecule has 19 heteroatoms. The lowest BCUT2D eigenvalue weighted by Crippen LogP contribution is -2.66. The summed E-state index contributed by atoms with van der Waals surface area (Å²) in [5, 5.41) is 120. The predicted molar refractivity (Wildman–Crippen MR) is 356 cm³/mol. The Morgan fingerprint density at radius 2 is 0.703 bits per heavy atom. The smallest absolute Gasteiger partial charge is 0.220 e. The Hall–Kier alpha value is -1.73. The SMILES string of the molecule is CCCCCCCCCCC/C=C/CC/C=C/C(O)C(COC1OC(CO)C(OC2OC(CO)C(OC3OC(CO)C(O)C(O)C3O)C(O)C2O)C(O)C1O)NC(=O)CCCCCCCCCCCCCCCCCCCCCCCCCCCCCCCCC. The zero-order valence-electron chi connectivity index (χ0n) is 56.8. The fourth-order valence-electron chi connectivity index (χ4n) is 12.7. The summed E-state index contributed by atoms with van der Waals surface area (Å²) in [7, 11) is 0. The molecule has 1 amide bonds. The van der Waals surface area contributed by atoms with Crippen molar-refractivity contribution in [3.05, 3.63) is 24.3 Å². The van der Waals surface area contributed by atoms with Gasteiger partial charge >= 0.3 is 0 Å². The van der Waals surface area contributed by atoms with Crippen LogP contribution in [0.25, 0.3) is 0 Å². The lowest BCUT2D eigenvalue weighted by molar-refractivity contribution is -0.379. The van der Waals surface area contributed by atoms with Crippen molar-refractivity contribution in [1.82, 2.24) is 5.32 Å². The number of nitrogens with one attached hydrogen (secondary N) is 1. The van der Waals surface area contributed by atoms with Crippen molar-refractivity contribution in [2.45, 2.75) is 401 Å². The maximum Gasteiger partial charge on any atom is 0.220 e. The molecule has 0 aromatic carbocycles. The molecule has 3 heterocycles. The fraction of sp³-hybridized carbons (Fsp3) is 0.931. The quantitative estimate of drug-likeness (QED) is 0.0199. The van der Waals surface area contributed by atoms with Crippen LogP contribution in [0.1, 0.15) is 296 Å². The highest BCUT2D eigenvalue weighted by molar-refractivity contribution is 5.76. The second-order valence-corrected chi connectivity index (χ2v) is 26.8. The average molecular weight is 1300 g/mol. The monoisotopic (exact) mass is 1300 g/mol. The molecule has 3 aliphatic heterocycles. The van der Waals surface area contributed by atoms with E-state index < -0.39 is 124 Å². The minimum atomic E-state index is -1.98. The van der Waals surface area contributed by atoms with Crippen LogP contribution in [-0.4, -0.2) is 193 Å². The standard InChI is InChI=1S/C72H135NO18/c1-3-5-7-9-11-13-15-17-19-20-21-22-23-24-25-26-27-28-29-30-31-32-33-34-36-38-40-42-44-46-48-50-60(78)73-55(56(77)49-47-45-43-41-39-37-35-18-16-14-12-10-8-6-4-2)54-86-70-66(84)63(81)68(58(52-75)88-70)91-72-67(85)64(82)69(59(53-76)89-72)90-71-65(83)62(80)61(79)57(51-74)87-71/h39,41,47,49,55-59,61-72,74-77,79-85H,3-38,40,42-46,48,50-54H2,1-2H3,(H,73,78)/b41-39+,49-47+. The second-order valence-electron chi connectivity index (χ2n) is 26.8. The van der Waals surface area contributed by atoms with Gasteiger partial charge in [-0.15, -0.1) is 0 Å². The number of rotatable bonds is 58. The number of unbranched alkanes of at least 4 members (excludes halogenated alkanes) is 40. The first-order valence-corrected chi connectivity index (χ1v) is 37.1. The average Bonchev–Trinajstić information content (AvgIpc) is 0.888. The third kappa shape index (κ3) is 35.9. The van der Waals surface area contributed by atoms with Gasteiger partial charge in [-0.3, -0.25) is 4.79 Å². The first-order chi connectivity index (χ1) is 44.3. The third-order valence-electron chi connectivity index (χ3n) is 18.8. The van der Waals surface area contributed by atoms with E-state index >= 15 is 0 Å². The van der Waals surface area contributed by atoms with Gasteiger partial charge in [0.15, 0.2) is 18.9 Å². The van der Waals surface area contributed by atoms with Gasteiger partial charge in [0.2, 0.25) is 5.91 Å². The Morgan fingerprint density at radius 3 is 1.10 bits per heavy atom. The number of amides is 1. The Balaban J connectivity index is 1.36. The van der Waals surface area contributed by atoms with Gasteiger partial charge in [0, 0.05) is 6.42 Å². The maximum absolute atomic E-state index is 13.4. The van der Waals surface area contributed by atoms with E-state index in [0.717, 1.165) is 38.5 Å². The van der Waals surface area contributed by atoms with Gasteiger partial charge in [0.25, 0.3) is 0 Å². The van der Waals surface area contributed by atoms with Crippen molar-refractivity contribution in [2.75, 3.05) is 26.4 Å². The zero-order valence-corrected chi connectivity index (χ0v) is 56.8.